The predicted molar refractivity (Wildman–Crippen MR) is 101 cm³/mol. The molecule has 2 atom stereocenters. The normalized spacial score (nSPS) is 21.4. The standard InChI is InChI=1S/C18H23BrFN5/c1-13-3-5-24(11-17(13)25-6-4-22-12-25)18(21-2)23-10-14-7-15(19)9-16(20)8-14/h4,6-9,12-13,17H,3,5,10-11H2,1-2H3,(H,21,23). The van der Waals surface area contributed by atoms with Crippen molar-refractivity contribution < 1.29 is 4.39 Å². The second-order valence-electron chi connectivity index (χ2n) is 6.47. The first kappa shape index (κ1) is 17.9. The van der Waals surface area contributed by atoms with Crippen LogP contribution in [-0.2, 0) is 6.54 Å². The van der Waals surface area contributed by atoms with Crippen molar-refractivity contribution in [3.8, 4) is 0 Å². The third-order valence-electron chi connectivity index (χ3n) is 4.71. The van der Waals surface area contributed by atoms with Crippen LogP contribution in [0.4, 0.5) is 4.39 Å². The van der Waals surface area contributed by atoms with E-state index in [-0.39, 0.29) is 5.82 Å². The molecule has 1 aliphatic heterocycles. The van der Waals surface area contributed by atoms with Crippen molar-refractivity contribution in [2.75, 3.05) is 20.1 Å². The van der Waals surface area contributed by atoms with Crippen molar-refractivity contribution in [2.24, 2.45) is 10.9 Å². The van der Waals surface area contributed by atoms with Crippen LogP contribution >= 0.6 is 15.9 Å². The van der Waals surface area contributed by atoms with E-state index in [1.54, 1.807) is 7.05 Å². The summed E-state index contributed by atoms with van der Waals surface area (Å²) < 4.78 is 16.4. The average molecular weight is 408 g/mol. The van der Waals surface area contributed by atoms with Crippen LogP contribution < -0.4 is 5.32 Å². The lowest BCUT2D eigenvalue weighted by Crippen LogP contribution is -2.48. The maximum Gasteiger partial charge on any atom is 0.193 e. The van der Waals surface area contributed by atoms with Crippen LogP contribution in [-0.4, -0.2) is 40.5 Å². The van der Waals surface area contributed by atoms with Gasteiger partial charge in [-0.25, -0.2) is 9.37 Å². The number of nitrogens with one attached hydrogen (secondary N) is 1. The molecule has 134 valence electrons. The van der Waals surface area contributed by atoms with E-state index in [2.05, 4.69) is 47.6 Å². The highest BCUT2D eigenvalue weighted by Gasteiger charge is 2.28. The number of guanidine groups is 1. The molecule has 5 nitrogen and oxygen atoms in total. The molecular weight excluding hydrogens is 385 g/mol. The van der Waals surface area contributed by atoms with E-state index in [1.165, 1.54) is 12.1 Å². The number of halogens is 2. The average Bonchev–Trinajstić information content (AvgIpc) is 3.10. The minimum Gasteiger partial charge on any atom is -0.352 e. The molecule has 3 rings (SSSR count). The van der Waals surface area contributed by atoms with Crippen LogP contribution in [0.25, 0.3) is 0 Å². The van der Waals surface area contributed by atoms with Gasteiger partial charge in [-0.3, -0.25) is 4.99 Å². The van der Waals surface area contributed by atoms with Gasteiger partial charge in [0.15, 0.2) is 5.96 Å². The fourth-order valence-electron chi connectivity index (χ4n) is 3.32. The van der Waals surface area contributed by atoms with E-state index in [1.807, 2.05) is 24.8 Å². The summed E-state index contributed by atoms with van der Waals surface area (Å²) in [5.74, 6) is 1.19. The second kappa shape index (κ2) is 7.99. The highest BCUT2D eigenvalue weighted by molar-refractivity contribution is 9.10. The predicted octanol–water partition coefficient (Wildman–Crippen LogP) is 3.44. The molecule has 1 N–H and O–H groups in total. The summed E-state index contributed by atoms with van der Waals surface area (Å²) in [6.45, 7) is 4.65. The Kier molecular flexibility index (Phi) is 5.73. The zero-order valence-electron chi connectivity index (χ0n) is 14.5. The number of hydrogen-bond acceptors (Lipinski definition) is 2. The Bertz CT molecular complexity index is 711. The Hall–Kier alpha value is -1.89. The number of piperidine rings is 1. The van der Waals surface area contributed by atoms with Gasteiger partial charge in [-0.05, 0) is 36.1 Å². The van der Waals surface area contributed by atoms with Gasteiger partial charge in [0.05, 0.1) is 12.4 Å². The third-order valence-corrected chi connectivity index (χ3v) is 5.17. The molecule has 0 spiro atoms. The monoisotopic (exact) mass is 407 g/mol. The molecule has 1 aromatic carbocycles. The molecule has 0 radical (unpaired) electrons. The molecule has 2 unspecified atom stereocenters. The van der Waals surface area contributed by atoms with Gasteiger partial charge < -0.3 is 14.8 Å². The summed E-state index contributed by atoms with van der Waals surface area (Å²) in [6, 6.07) is 5.28. The van der Waals surface area contributed by atoms with E-state index >= 15 is 0 Å². The van der Waals surface area contributed by atoms with Crippen molar-refractivity contribution >= 4 is 21.9 Å². The Morgan fingerprint density at radius 2 is 2.28 bits per heavy atom. The topological polar surface area (TPSA) is 45.5 Å². The van der Waals surface area contributed by atoms with Crippen LogP contribution in [0.1, 0.15) is 24.9 Å². The highest BCUT2D eigenvalue weighted by Crippen LogP contribution is 2.27. The second-order valence-corrected chi connectivity index (χ2v) is 7.38. The molecule has 0 saturated carbocycles. The molecule has 1 aliphatic rings. The molecule has 0 amide bonds. The molecule has 1 saturated heterocycles. The summed E-state index contributed by atoms with van der Waals surface area (Å²) in [4.78, 5) is 10.8. The fourth-order valence-corrected chi connectivity index (χ4v) is 3.83. The van der Waals surface area contributed by atoms with Gasteiger partial charge in [0.2, 0.25) is 0 Å². The van der Waals surface area contributed by atoms with Gasteiger partial charge in [0.1, 0.15) is 5.82 Å². The molecule has 2 heterocycles. The first-order valence-electron chi connectivity index (χ1n) is 8.45. The van der Waals surface area contributed by atoms with Crippen LogP contribution in [0.2, 0.25) is 0 Å². The third kappa shape index (κ3) is 4.39. The molecule has 2 aromatic rings. The zero-order chi connectivity index (χ0) is 17.8. The lowest BCUT2D eigenvalue weighted by atomic mass is 9.93. The Morgan fingerprint density at radius 1 is 1.44 bits per heavy atom. The van der Waals surface area contributed by atoms with E-state index in [9.17, 15) is 4.39 Å². The van der Waals surface area contributed by atoms with E-state index in [4.69, 9.17) is 0 Å². The molecule has 1 fully saturated rings. The number of nitrogens with zero attached hydrogens (tertiary/aromatic N) is 4. The number of aromatic nitrogens is 2. The minimum atomic E-state index is -0.242. The van der Waals surface area contributed by atoms with Gasteiger partial charge in [-0.2, -0.15) is 0 Å². The molecule has 25 heavy (non-hydrogen) atoms. The summed E-state index contributed by atoms with van der Waals surface area (Å²) in [5, 5.41) is 3.35. The number of hydrogen-bond donors (Lipinski definition) is 1. The smallest absolute Gasteiger partial charge is 0.193 e. The van der Waals surface area contributed by atoms with Crippen molar-refractivity contribution in [1.29, 1.82) is 0 Å². The largest absolute Gasteiger partial charge is 0.352 e. The van der Waals surface area contributed by atoms with E-state index in [0.717, 1.165) is 35.5 Å². The lowest BCUT2D eigenvalue weighted by molar-refractivity contribution is 0.189. The molecule has 1 aromatic heterocycles. The van der Waals surface area contributed by atoms with Crippen molar-refractivity contribution in [3.63, 3.8) is 0 Å². The Labute approximate surface area is 156 Å². The van der Waals surface area contributed by atoms with Gasteiger partial charge in [0.25, 0.3) is 0 Å². The number of benzene rings is 1. The Balaban J connectivity index is 1.66. The summed E-state index contributed by atoms with van der Waals surface area (Å²) in [6.07, 6.45) is 6.81. The highest BCUT2D eigenvalue weighted by atomic mass is 79.9. The van der Waals surface area contributed by atoms with Crippen molar-refractivity contribution in [2.45, 2.75) is 25.9 Å². The summed E-state index contributed by atoms with van der Waals surface area (Å²) >= 11 is 3.33. The first-order valence-corrected chi connectivity index (χ1v) is 9.24. The zero-order valence-corrected chi connectivity index (χ0v) is 16.1. The summed E-state index contributed by atoms with van der Waals surface area (Å²) in [7, 11) is 1.79. The van der Waals surface area contributed by atoms with Crippen molar-refractivity contribution in [1.82, 2.24) is 19.8 Å². The Morgan fingerprint density at radius 3 is 2.96 bits per heavy atom. The maximum atomic E-state index is 13.5. The summed E-state index contributed by atoms with van der Waals surface area (Å²) in [5.41, 5.74) is 0.879. The SMILES string of the molecule is CN=C(NCc1cc(F)cc(Br)c1)N1CCC(C)C(n2ccnc2)C1. The van der Waals surface area contributed by atoms with Crippen LogP contribution in [0, 0.1) is 11.7 Å². The van der Waals surface area contributed by atoms with Crippen LogP contribution in [0.3, 0.4) is 0 Å². The van der Waals surface area contributed by atoms with Crippen molar-refractivity contribution in [3.05, 3.63) is 52.8 Å². The lowest BCUT2D eigenvalue weighted by Gasteiger charge is -2.39. The van der Waals surface area contributed by atoms with Crippen LogP contribution in [0.5, 0.6) is 0 Å². The molecule has 0 bridgehead atoms. The number of likely N-dealkylation sites (tertiary alicyclic amines) is 1. The molecular formula is C18H23BrFN5. The van der Waals surface area contributed by atoms with E-state index < -0.39 is 0 Å². The van der Waals surface area contributed by atoms with Crippen LogP contribution in [0.15, 0.2) is 46.4 Å². The first-order chi connectivity index (χ1) is 12.1. The quantitative estimate of drug-likeness (QED) is 0.625. The minimum absolute atomic E-state index is 0.242. The molecule has 7 heteroatoms. The van der Waals surface area contributed by atoms with Gasteiger partial charge in [-0.1, -0.05) is 22.9 Å². The molecule has 0 aliphatic carbocycles. The number of aliphatic imine (C=N–C) groups is 1. The van der Waals surface area contributed by atoms with Gasteiger partial charge >= 0.3 is 0 Å². The fraction of sp³-hybridized carbons (Fsp3) is 0.444. The maximum absolute atomic E-state index is 13.5. The van der Waals surface area contributed by atoms with Gasteiger partial charge in [-0.15, -0.1) is 0 Å². The van der Waals surface area contributed by atoms with Gasteiger partial charge in [0, 0.05) is 43.5 Å². The number of imidazole rings is 1. The van der Waals surface area contributed by atoms with E-state index in [0.29, 0.717) is 18.5 Å². The number of rotatable bonds is 3.